The molecule has 0 unspecified atom stereocenters. The minimum atomic E-state index is -0.174. The van der Waals surface area contributed by atoms with Gasteiger partial charge in [0.05, 0.1) is 30.8 Å². The van der Waals surface area contributed by atoms with E-state index in [0.717, 1.165) is 5.69 Å². The van der Waals surface area contributed by atoms with Crippen molar-refractivity contribution in [3.05, 3.63) is 48.5 Å². The predicted octanol–water partition coefficient (Wildman–Crippen LogP) is 2.80. The standard InChI is InChI=1S/C18H19N5O3S/c1-3-26-16-10-5-4-9-15(16)19-17(24)12-27-18-20-21-22-23(18)13-7-6-8-14(11-13)25-2/h4-11H,3,12H2,1-2H3,(H,19,24). The van der Waals surface area contributed by atoms with Gasteiger partial charge in [-0.1, -0.05) is 30.0 Å². The molecular weight excluding hydrogens is 366 g/mol. The van der Waals surface area contributed by atoms with Crippen LogP contribution in [0, 0.1) is 0 Å². The summed E-state index contributed by atoms with van der Waals surface area (Å²) >= 11 is 1.24. The summed E-state index contributed by atoms with van der Waals surface area (Å²) < 4.78 is 12.3. The highest BCUT2D eigenvalue weighted by atomic mass is 32.2. The van der Waals surface area contributed by atoms with Crippen LogP contribution in [0.5, 0.6) is 11.5 Å². The smallest absolute Gasteiger partial charge is 0.234 e. The predicted molar refractivity (Wildman–Crippen MR) is 103 cm³/mol. The van der Waals surface area contributed by atoms with E-state index in [1.165, 1.54) is 11.8 Å². The van der Waals surface area contributed by atoms with Gasteiger partial charge in [-0.05, 0) is 41.6 Å². The van der Waals surface area contributed by atoms with Crippen LogP contribution in [0.25, 0.3) is 5.69 Å². The number of benzene rings is 2. The number of methoxy groups -OCH3 is 1. The van der Waals surface area contributed by atoms with Crippen molar-refractivity contribution in [2.75, 3.05) is 24.8 Å². The number of amides is 1. The number of nitrogens with one attached hydrogen (secondary N) is 1. The minimum absolute atomic E-state index is 0.158. The molecule has 0 saturated heterocycles. The van der Waals surface area contributed by atoms with Gasteiger partial charge < -0.3 is 14.8 Å². The van der Waals surface area contributed by atoms with E-state index >= 15 is 0 Å². The molecule has 0 radical (unpaired) electrons. The first kappa shape index (κ1) is 18.7. The van der Waals surface area contributed by atoms with E-state index in [0.29, 0.717) is 28.9 Å². The number of nitrogens with zero attached hydrogens (tertiary/aromatic N) is 4. The molecule has 1 heterocycles. The van der Waals surface area contributed by atoms with Crippen LogP contribution in [0.15, 0.2) is 53.7 Å². The van der Waals surface area contributed by atoms with Crippen molar-refractivity contribution >= 4 is 23.4 Å². The molecule has 0 bridgehead atoms. The summed E-state index contributed by atoms with van der Waals surface area (Å²) in [5.41, 5.74) is 1.39. The van der Waals surface area contributed by atoms with Crippen molar-refractivity contribution in [3.63, 3.8) is 0 Å². The average molecular weight is 385 g/mol. The number of hydrogen-bond acceptors (Lipinski definition) is 7. The lowest BCUT2D eigenvalue weighted by atomic mass is 10.3. The van der Waals surface area contributed by atoms with Crippen molar-refractivity contribution in [1.82, 2.24) is 20.2 Å². The lowest BCUT2D eigenvalue weighted by Gasteiger charge is -2.11. The van der Waals surface area contributed by atoms with Crippen molar-refractivity contribution in [3.8, 4) is 17.2 Å². The molecule has 0 aliphatic rings. The van der Waals surface area contributed by atoms with E-state index in [2.05, 4.69) is 20.8 Å². The first-order valence-corrected chi connectivity index (χ1v) is 9.27. The molecule has 1 aromatic heterocycles. The van der Waals surface area contributed by atoms with Crippen molar-refractivity contribution in [1.29, 1.82) is 0 Å². The molecule has 3 rings (SSSR count). The van der Waals surface area contributed by atoms with E-state index in [1.807, 2.05) is 49.4 Å². The fraction of sp³-hybridized carbons (Fsp3) is 0.222. The molecule has 27 heavy (non-hydrogen) atoms. The Bertz CT molecular complexity index is 915. The zero-order chi connectivity index (χ0) is 19.1. The van der Waals surface area contributed by atoms with E-state index < -0.39 is 0 Å². The summed E-state index contributed by atoms with van der Waals surface area (Å²) in [5, 5.41) is 15.1. The number of carbonyl (C=O) groups is 1. The Hall–Kier alpha value is -3.07. The second-order valence-corrected chi connectivity index (χ2v) is 6.28. The van der Waals surface area contributed by atoms with Crippen LogP contribution in [0.2, 0.25) is 0 Å². The van der Waals surface area contributed by atoms with Crippen LogP contribution in [0.1, 0.15) is 6.92 Å². The van der Waals surface area contributed by atoms with Gasteiger partial charge in [-0.2, -0.15) is 4.68 Å². The van der Waals surface area contributed by atoms with Crippen LogP contribution in [0.3, 0.4) is 0 Å². The lowest BCUT2D eigenvalue weighted by molar-refractivity contribution is -0.113. The highest BCUT2D eigenvalue weighted by molar-refractivity contribution is 7.99. The minimum Gasteiger partial charge on any atom is -0.497 e. The van der Waals surface area contributed by atoms with Gasteiger partial charge in [0, 0.05) is 6.07 Å². The summed E-state index contributed by atoms with van der Waals surface area (Å²) in [6, 6.07) is 14.7. The highest BCUT2D eigenvalue weighted by Gasteiger charge is 2.13. The zero-order valence-corrected chi connectivity index (χ0v) is 15.8. The van der Waals surface area contributed by atoms with Gasteiger partial charge in [0.2, 0.25) is 11.1 Å². The summed E-state index contributed by atoms with van der Waals surface area (Å²) in [6.07, 6.45) is 0. The Morgan fingerprint density at radius 2 is 2.07 bits per heavy atom. The Morgan fingerprint density at radius 3 is 2.89 bits per heavy atom. The molecule has 1 amide bonds. The molecule has 0 aliphatic heterocycles. The number of anilines is 1. The molecule has 0 atom stereocenters. The molecule has 1 N–H and O–H groups in total. The maximum absolute atomic E-state index is 12.3. The Morgan fingerprint density at radius 1 is 1.22 bits per heavy atom. The fourth-order valence-corrected chi connectivity index (χ4v) is 3.03. The van der Waals surface area contributed by atoms with Gasteiger partial charge in [0.1, 0.15) is 11.5 Å². The third-order valence-electron chi connectivity index (χ3n) is 3.53. The van der Waals surface area contributed by atoms with Gasteiger partial charge in [0.15, 0.2) is 0 Å². The molecule has 0 saturated carbocycles. The van der Waals surface area contributed by atoms with Gasteiger partial charge >= 0.3 is 0 Å². The summed E-state index contributed by atoms with van der Waals surface area (Å²) in [6.45, 7) is 2.42. The third kappa shape index (κ3) is 4.76. The molecule has 0 spiro atoms. The number of tetrazole rings is 1. The second-order valence-electron chi connectivity index (χ2n) is 5.34. The molecule has 3 aromatic rings. The lowest BCUT2D eigenvalue weighted by Crippen LogP contribution is -2.15. The van der Waals surface area contributed by atoms with E-state index in [9.17, 15) is 4.79 Å². The Labute approximate surface area is 160 Å². The summed E-state index contributed by atoms with van der Waals surface area (Å²) in [7, 11) is 1.60. The first-order valence-electron chi connectivity index (χ1n) is 8.28. The maximum Gasteiger partial charge on any atom is 0.234 e. The molecule has 9 heteroatoms. The summed E-state index contributed by atoms with van der Waals surface area (Å²) in [5.74, 6) is 1.32. The quantitative estimate of drug-likeness (QED) is 0.596. The number of para-hydroxylation sites is 2. The van der Waals surface area contributed by atoms with Crippen molar-refractivity contribution in [2.24, 2.45) is 0 Å². The molecule has 8 nitrogen and oxygen atoms in total. The normalized spacial score (nSPS) is 10.4. The second kappa shape index (κ2) is 9.04. The SMILES string of the molecule is CCOc1ccccc1NC(=O)CSc1nnnn1-c1cccc(OC)c1. The highest BCUT2D eigenvalue weighted by Crippen LogP contribution is 2.25. The van der Waals surface area contributed by atoms with Crippen LogP contribution < -0.4 is 14.8 Å². The monoisotopic (exact) mass is 385 g/mol. The van der Waals surface area contributed by atoms with Gasteiger partial charge in [-0.3, -0.25) is 4.79 Å². The number of rotatable bonds is 8. The van der Waals surface area contributed by atoms with E-state index in [-0.39, 0.29) is 11.7 Å². The average Bonchev–Trinajstić information content (AvgIpc) is 3.17. The third-order valence-corrected chi connectivity index (χ3v) is 4.45. The van der Waals surface area contributed by atoms with Gasteiger partial charge in [-0.25, -0.2) is 0 Å². The van der Waals surface area contributed by atoms with Gasteiger partial charge in [0.25, 0.3) is 0 Å². The fourth-order valence-electron chi connectivity index (χ4n) is 2.34. The maximum atomic E-state index is 12.3. The van der Waals surface area contributed by atoms with Crippen LogP contribution >= 0.6 is 11.8 Å². The number of aromatic nitrogens is 4. The first-order chi connectivity index (χ1) is 13.2. The number of carbonyl (C=O) groups excluding carboxylic acids is 1. The molecule has 0 fully saturated rings. The largest absolute Gasteiger partial charge is 0.497 e. The van der Waals surface area contributed by atoms with Crippen LogP contribution in [-0.4, -0.2) is 45.6 Å². The molecular formula is C18H19N5O3S. The summed E-state index contributed by atoms with van der Waals surface area (Å²) in [4.78, 5) is 12.3. The number of ether oxygens (including phenoxy) is 2. The number of hydrogen-bond donors (Lipinski definition) is 1. The van der Waals surface area contributed by atoms with Crippen LogP contribution in [0.4, 0.5) is 5.69 Å². The number of thioether (sulfide) groups is 1. The van der Waals surface area contributed by atoms with Crippen molar-refractivity contribution < 1.29 is 14.3 Å². The zero-order valence-electron chi connectivity index (χ0n) is 15.0. The topological polar surface area (TPSA) is 91.2 Å². The van der Waals surface area contributed by atoms with Crippen LogP contribution in [-0.2, 0) is 4.79 Å². The molecule has 2 aromatic carbocycles. The molecule has 140 valence electrons. The van der Waals surface area contributed by atoms with Crippen molar-refractivity contribution in [2.45, 2.75) is 12.1 Å². The Balaban J connectivity index is 1.66. The molecule has 0 aliphatic carbocycles. The van der Waals surface area contributed by atoms with E-state index in [1.54, 1.807) is 17.9 Å². The van der Waals surface area contributed by atoms with E-state index in [4.69, 9.17) is 9.47 Å². The Kier molecular flexibility index (Phi) is 6.26. The van der Waals surface area contributed by atoms with Gasteiger partial charge in [-0.15, -0.1) is 5.10 Å².